The second kappa shape index (κ2) is 7.18. The first-order chi connectivity index (χ1) is 12.1. The van der Waals surface area contributed by atoms with E-state index in [-0.39, 0.29) is 17.7 Å². The van der Waals surface area contributed by atoms with Crippen molar-refractivity contribution >= 4 is 17.5 Å². The van der Waals surface area contributed by atoms with Crippen LogP contribution in [0.15, 0.2) is 73.8 Å². The summed E-state index contributed by atoms with van der Waals surface area (Å²) in [6, 6.07) is 15.9. The van der Waals surface area contributed by atoms with Crippen molar-refractivity contribution in [3.8, 4) is 0 Å². The lowest BCUT2D eigenvalue weighted by atomic mass is 9.84. The molecule has 1 atom stereocenters. The molecule has 25 heavy (non-hydrogen) atoms. The Balaban J connectivity index is 1.98. The molecule has 0 saturated heterocycles. The molecule has 4 heteroatoms. The van der Waals surface area contributed by atoms with Gasteiger partial charge in [-0.25, -0.2) is 0 Å². The molecular formula is C21H20N2O2. The number of carbonyl (C=O) groups excluding carboxylic acids is 2. The van der Waals surface area contributed by atoms with Gasteiger partial charge in [0.25, 0.3) is 0 Å². The molecule has 1 heterocycles. The summed E-state index contributed by atoms with van der Waals surface area (Å²) in [7, 11) is 0. The van der Waals surface area contributed by atoms with Crippen molar-refractivity contribution < 1.29 is 9.59 Å². The molecular weight excluding hydrogens is 312 g/mol. The van der Waals surface area contributed by atoms with Crippen LogP contribution in [0, 0.1) is 0 Å². The van der Waals surface area contributed by atoms with E-state index in [2.05, 4.69) is 24.5 Å². The fourth-order valence-corrected chi connectivity index (χ4v) is 3.22. The number of nitrogens with one attached hydrogen (secondary N) is 1. The smallest absolute Gasteiger partial charge is 0.247 e. The van der Waals surface area contributed by atoms with Crippen LogP contribution in [-0.4, -0.2) is 23.3 Å². The molecule has 0 bridgehead atoms. The lowest BCUT2D eigenvalue weighted by Crippen LogP contribution is -2.37. The van der Waals surface area contributed by atoms with Crippen molar-refractivity contribution in [3.05, 3.63) is 90.5 Å². The zero-order valence-electron chi connectivity index (χ0n) is 13.9. The number of hydrogen-bond donors (Lipinski definition) is 1. The highest BCUT2D eigenvalue weighted by atomic mass is 16.2. The minimum absolute atomic E-state index is 0.0504. The topological polar surface area (TPSA) is 49.4 Å². The predicted molar refractivity (Wildman–Crippen MR) is 99.2 cm³/mol. The van der Waals surface area contributed by atoms with Crippen molar-refractivity contribution in [2.45, 2.75) is 12.5 Å². The Morgan fingerprint density at radius 3 is 2.64 bits per heavy atom. The Morgan fingerprint density at radius 2 is 1.88 bits per heavy atom. The van der Waals surface area contributed by atoms with Crippen LogP contribution in [0.4, 0.5) is 5.69 Å². The van der Waals surface area contributed by atoms with Gasteiger partial charge in [0.15, 0.2) is 0 Å². The van der Waals surface area contributed by atoms with E-state index >= 15 is 0 Å². The Hall–Kier alpha value is -3.14. The highest BCUT2D eigenvalue weighted by molar-refractivity contribution is 5.98. The molecule has 4 nitrogen and oxygen atoms in total. The molecule has 1 N–H and O–H groups in total. The van der Waals surface area contributed by atoms with E-state index in [0.717, 1.165) is 11.1 Å². The number of carbonyl (C=O) groups is 2. The molecule has 0 aromatic heterocycles. The Kier molecular flexibility index (Phi) is 4.80. The van der Waals surface area contributed by atoms with Crippen LogP contribution in [0.1, 0.15) is 22.6 Å². The minimum Gasteiger partial charge on any atom is -0.334 e. The summed E-state index contributed by atoms with van der Waals surface area (Å²) in [6.45, 7) is 8.24. The molecule has 2 aromatic carbocycles. The summed E-state index contributed by atoms with van der Waals surface area (Å²) in [4.78, 5) is 25.5. The standard InChI is InChI=1S/C21H20N2O2/c1-3-20(24)22-17-10-7-9-15(12-17)19-14-23(21(25)4-2)13-16-8-5-6-11-18(16)19/h3-12,19H,1-2,13-14H2,(H,22,24)/t19-/m1/s1. The molecule has 0 saturated carbocycles. The first kappa shape index (κ1) is 16.7. The summed E-state index contributed by atoms with van der Waals surface area (Å²) in [5, 5.41) is 2.79. The minimum atomic E-state index is -0.246. The number of fused-ring (bicyclic) bond motifs is 1. The fourth-order valence-electron chi connectivity index (χ4n) is 3.22. The van der Waals surface area contributed by atoms with Gasteiger partial charge < -0.3 is 10.2 Å². The van der Waals surface area contributed by atoms with Crippen molar-refractivity contribution in [2.24, 2.45) is 0 Å². The number of amides is 2. The molecule has 0 radical (unpaired) electrons. The average molecular weight is 332 g/mol. The summed E-state index contributed by atoms with van der Waals surface area (Å²) < 4.78 is 0. The normalized spacial score (nSPS) is 15.8. The summed E-state index contributed by atoms with van der Waals surface area (Å²) in [5.74, 6) is -0.269. The summed E-state index contributed by atoms with van der Waals surface area (Å²) >= 11 is 0. The third kappa shape index (κ3) is 3.53. The van der Waals surface area contributed by atoms with E-state index in [4.69, 9.17) is 0 Å². The van der Waals surface area contributed by atoms with E-state index in [9.17, 15) is 9.59 Å². The summed E-state index contributed by atoms with van der Waals surface area (Å²) in [6.07, 6.45) is 2.60. The largest absolute Gasteiger partial charge is 0.334 e. The van der Waals surface area contributed by atoms with E-state index in [1.807, 2.05) is 42.5 Å². The molecule has 3 rings (SSSR count). The first-order valence-electron chi connectivity index (χ1n) is 8.15. The van der Waals surface area contributed by atoms with Gasteiger partial charge in [-0.2, -0.15) is 0 Å². The van der Waals surface area contributed by atoms with Crippen LogP contribution in [-0.2, 0) is 16.1 Å². The molecule has 1 aliphatic rings. The van der Waals surface area contributed by atoms with Gasteiger partial charge >= 0.3 is 0 Å². The first-order valence-corrected chi connectivity index (χ1v) is 8.15. The van der Waals surface area contributed by atoms with E-state index in [1.54, 1.807) is 4.90 Å². The van der Waals surface area contributed by atoms with Crippen LogP contribution >= 0.6 is 0 Å². The molecule has 0 spiro atoms. The lowest BCUT2D eigenvalue weighted by molar-refractivity contribution is -0.127. The van der Waals surface area contributed by atoms with Crippen LogP contribution in [0.25, 0.3) is 0 Å². The highest BCUT2D eigenvalue weighted by Gasteiger charge is 2.28. The monoisotopic (exact) mass is 332 g/mol. The van der Waals surface area contributed by atoms with Gasteiger partial charge in [-0.05, 0) is 41.0 Å². The molecule has 0 aliphatic carbocycles. The SMILES string of the molecule is C=CC(=O)Nc1cccc([C@H]2CN(C(=O)C=C)Cc3ccccc32)c1. The molecule has 2 amide bonds. The Morgan fingerprint density at radius 1 is 1.08 bits per heavy atom. The molecule has 0 fully saturated rings. The second-order valence-electron chi connectivity index (χ2n) is 5.99. The number of hydrogen-bond acceptors (Lipinski definition) is 2. The number of anilines is 1. The van der Waals surface area contributed by atoms with Crippen molar-refractivity contribution in [1.29, 1.82) is 0 Å². The molecule has 1 aliphatic heterocycles. The predicted octanol–water partition coefficient (Wildman–Crippen LogP) is 3.47. The summed E-state index contributed by atoms with van der Waals surface area (Å²) in [5.41, 5.74) is 4.11. The van der Waals surface area contributed by atoms with Gasteiger partial charge in [-0.1, -0.05) is 49.6 Å². The van der Waals surface area contributed by atoms with Crippen LogP contribution in [0.5, 0.6) is 0 Å². The van der Waals surface area contributed by atoms with Gasteiger partial charge in [0, 0.05) is 24.7 Å². The van der Waals surface area contributed by atoms with Crippen molar-refractivity contribution in [1.82, 2.24) is 4.90 Å². The quantitative estimate of drug-likeness (QED) is 0.872. The van der Waals surface area contributed by atoms with Crippen LogP contribution < -0.4 is 5.32 Å². The zero-order chi connectivity index (χ0) is 17.8. The van der Waals surface area contributed by atoms with Gasteiger partial charge in [0.05, 0.1) is 0 Å². The van der Waals surface area contributed by atoms with Gasteiger partial charge in [0.2, 0.25) is 11.8 Å². The van der Waals surface area contributed by atoms with Gasteiger partial charge in [0.1, 0.15) is 0 Å². The van der Waals surface area contributed by atoms with Crippen molar-refractivity contribution in [2.75, 3.05) is 11.9 Å². The second-order valence-corrected chi connectivity index (χ2v) is 5.99. The van der Waals surface area contributed by atoms with E-state index < -0.39 is 0 Å². The zero-order valence-corrected chi connectivity index (χ0v) is 13.9. The number of benzene rings is 2. The molecule has 0 unspecified atom stereocenters. The third-order valence-electron chi connectivity index (χ3n) is 4.42. The number of rotatable bonds is 4. The maximum atomic E-state index is 12.1. The van der Waals surface area contributed by atoms with Crippen molar-refractivity contribution in [3.63, 3.8) is 0 Å². The third-order valence-corrected chi connectivity index (χ3v) is 4.42. The highest BCUT2D eigenvalue weighted by Crippen LogP contribution is 2.34. The van der Waals surface area contributed by atoms with E-state index in [1.165, 1.54) is 17.7 Å². The van der Waals surface area contributed by atoms with Gasteiger partial charge in [-0.15, -0.1) is 0 Å². The molecule has 2 aromatic rings. The van der Waals surface area contributed by atoms with E-state index in [0.29, 0.717) is 18.8 Å². The Labute approximate surface area is 147 Å². The van der Waals surface area contributed by atoms with Crippen LogP contribution in [0.3, 0.4) is 0 Å². The van der Waals surface area contributed by atoms with Crippen LogP contribution in [0.2, 0.25) is 0 Å². The fraction of sp³-hybridized carbons (Fsp3) is 0.143. The number of nitrogens with zero attached hydrogens (tertiary/aromatic N) is 1. The van der Waals surface area contributed by atoms with Gasteiger partial charge in [-0.3, -0.25) is 9.59 Å². The maximum absolute atomic E-state index is 12.1. The maximum Gasteiger partial charge on any atom is 0.247 e. The molecule has 126 valence electrons. The lowest BCUT2D eigenvalue weighted by Gasteiger charge is -2.34. The Bertz CT molecular complexity index is 841. The average Bonchev–Trinajstić information content (AvgIpc) is 2.66.